The van der Waals surface area contributed by atoms with Gasteiger partial charge < -0.3 is 10.6 Å². The van der Waals surface area contributed by atoms with Gasteiger partial charge in [-0.1, -0.05) is 0 Å². The maximum Gasteiger partial charge on any atom is 0.241 e. The summed E-state index contributed by atoms with van der Waals surface area (Å²) in [6.07, 6.45) is 0.605. The second kappa shape index (κ2) is 5.22. The minimum atomic E-state index is -3.77. The summed E-state index contributed by atoms with van der Waals surface area (Å²) in [5, 5.41) is 0. The van der Waals surface area contributed by atoms with Crippen LogP contribution in [0.5, 0.6) is 0 Å². The largest absolute Gasteiger partial charge is 0.369 e. The molecule has 0 aromatic heterocycles. The number of primary amides is 1. The van der Waals surface area contributed by atoms with Gasteiger partial charge in [-0.25, -0.2) is 13.1 Å². The number of carbonyl (C=O) groups is 2. The van der Waals surface area contributed by atoms with Crippen molar-refractivity contribution in [2.45, 2.75) is 18.2 Å². The number of nitrogens with zero attached hydrogens (tertiary/aromatic N) is 1. The van der Waals surface area contributed by atoms with E-state index in [0.717, 1.165) is 11.3 Å². The molecule has 0 fully saturated rings. The fourth-order valence-corrected chi connectivity index (χ4v) is 3.17. The molecule has 2 amide bonds. The van der Waals surface area contributed by atoms with Gasteiger partial charge in [0, 0.05) is 19.2 Å². The van der Waals surface area contributed by atoms with Crippen molar-refractivity contribution >= 4 is 27.5 Å². The van der Waals surface area contributed by atoms with E-state index in [-0.39, 0.29) is 10.8 Å². The Morgan fingerprint density at radius 2 is 2.10 bits per heavy atom. The van der Waals surface area contributed by atoms with Crippen LogP contribution in [-0.4, -0.2) is 33.3 Å². The number of carbonyl (C=O) groups excluding carboxylic acids is 2. The predicted octanol–water partition coefficient (Wildman–Crippen LogP) is -0.641. The second-order valence-corrected chi connectivity index (χ2v) is 6.27. The molecule has 0 saturated heterocycles. The summed E-state index contributed by atoms with van der Waals surface area (Å²) in [6.45, 7) is 1.57. The zero-order chi connectivity index (χ0) is 14.9. The van der Waals surface area contributed by atoms with Crippen LogP contribution < -0.4 is 15.4 Å². The molecule has 2 rings (SSSR count). The van der Waals surface area contributed by atoms with Crippen molar-refractivity contribution in [2.24, 2.45) is 5.73 Å². The quantitative estimate of drug-likeness (QED) is 0.770. The summed E-state index contributed by atoms with van der Waals surface area (Å²) in [4.78, 5) is 23.7. The fourth-order valence-electron chi connectivity index (χ4n) is 2.12. The number of anilines is 1. The molecule has 1 aromatic rings. The van der Waals surface area contributed by atoms with Crippen molar-refractivity contribution in [3.8, 4) is 0 Å². The molecular formula is C12H15N3O4S. The van der Waals surface area contributed by atoms with Crippen molar-refractivity contribution in [2.75, 3.05) is 18.0 Å². The van der Waals surface area contributed by atoms with Crippen LogP contribution in [0.15, 0.2) is 23.1 Å². The highest BCUT2D eigenvalue weighted by Crippen LogP contribution is 2.30. The van der Waals surface area contributed by atoms with Gasteiger partial charge in [0.15, 0.2) is 0 Å². The first-order valence-corrected chi connectivity index (χ1v) is 7.48. The molecule has 3 N–H and O–H groups in total. The first-order chi connectivity index (χ1) is 9.31. The third-order valence-electron chi connectivity index (χ3n) is 3.07. The zero-order valence-corrected chi connectivity index (χ0v) is 11.7. The molecule has 8 heteroatoms. The summed E-state index contributed by atoms with van der Waals surface area (Å²) in [7, 11) is -3.77. The molecule has 1 aromatic carbocycles. The van der Waals surface area contributed by atoms with E-state index in [1.165, 1.54) is 19.1 Å². The summed E-state index contributed by atoms with van der Waals surface area (Å²) in [5.41, 5.74) is 6.43. The highest BCUT2D eigenvalue weighted by molar-refractivity contribution is 7.89. The molecule has 7 nitrogen and oxygen atoms in total. The van der Waals surface area contributed by atoms with E-state index in [2.05, 4.69) is 4.72 Å². The number of hydrogen-bond acceptors (Lipinski definition) is 4. The monoisotopic (exact) mass is 297 g/mol. The summed E-state index contributed by atoms with van der Waals surface area (Å²) in [6, 6.07) is 4.52. The Balaban J connectivity index is 2.29. The van der Waals surface area contributed by atoms with E-state index in [1.54, 1.807) is 11.0 Å². The molecule has 0 aliphatic carbocycles. The van der Waals surface area contributed by atoms with Gasteiger partial charge in [-0.3, -0.25) is 9.59 Å². The molecule has 0 radical (unpaired) electrons. The van der Waals surface area contributed by atoms with Crippen LogP contribution in [0.2, 0.25) is 0 Å². The number of sulfonamides is 1. The van der Waals surface area contributed by atoms with Crippen LogP contribution in [0.4, 0.5) is 5.69 Å². The van der Waals surface area contributed by atoms with E-state index < -0.39 is 22.5 Å². The number of hydrogen-bond donors (Lipinski definition) is 2. The Labute approximate surface area is 116 Å². The van der Waals surface area contributed by atoms with Crippen molar-refractivity contribution < 1.29 is 18.0 Å². The second-order valence-electron chi connectivity index (χ2n) is 4.50. The predicted molar refractivity (Wildman–Crippen MR) is 72.6 cm³/mol. The zero-order valence-electron chi connectivity index (χ0n) is 10.9. The normalized spacial score (nSPS) is 14.2. The minimum Gasteiger partial charge on any atom is -0.369 e. The maximum absolute atomic E-state index is 12.0. The van der Waals surface area contributed by atoms with Crippen LogP contribution in [0, 0.1) is 0 Å². The van der Waals surface area contributed by atoms with Crippen LogP contribution in [0.25, 0.3) is 0 Å². The lowest BCUT2D eigenvalue weighted by Crippen LogP contribution is -2.33. The Morgan fingerprint density at radius 1 is 1.40 bits per heavy atom. The van der Waals surface area contributed by atoms with E-state index in [9.17, 15) is 18.0 Å². The maximum atomic E-state index is 12.0. The molecule has 1 aliphatic heterocycles. The van der Waals surface area contributed by atoms with Gasteiger partial charge in [0.25, 0.3) is 0 Å². The lowest BCUT2D eigenvalue weighted by Gasteiger charge is -2.15. The lowest BCUT2D eigenvalue weighted by atomic mass is 10.2. The Morgan fingerprint density at radius 3 is 2.70 bits per heavy atom. The number of fused-ring (bicyclic) bond motifs is 1. The Kier molecular flexibility index (Phi) is 3.78. The van der Waals surface area contributed by atoms with Crippen molar-refractivity contribution in [1.29, 1.82) is 0 Å². The fraction of sp³-hybridized carbons (Fsp3) is 0.333. The standard InChI is InChI=1S/C12H15N3O4S/c1-8(16)15-5-4-9-6-10(2-3-11(9)15)20(18,19)14-7-12(13)17/h2-3,6,14H,4-5,7H2,1H3,(H2,13,17). The van der Waals surface area contributed by atoms with Gasteiger partial charge in [-0.15, -0.1) is 0 Å². The molecule has 20 heavy (non-hydrogen) atoms. The highest BCUT2D eigenvalue weighted by Gasteiger charge is 2.24. The van der Waals surface area contributed by atoms with E-state index in [1.807, 2.05) is 0 Å². The number of benzene rings is 1. The van der Waals surface area contributed by atoms with E-state index in [0.29, 0.717) is 13.0 Å². The minimum absolute atomic E-state index is 0.0582. The van der Waals surface area contributed by atoms with Crippen LogP contribution in [0.3, 0.4) is 0 Å². The van der Waals surface area contributed by atoms with Crippen molar-refractivity contribution in [3.63, 3.8) is 0 Å². The van der Waals surface area contributed by atoms with Gasteiger partial charge in [0.05, 0.1) is 11.4 Å². The lowest BCUT2D eigenvalue weighted by molar-refractivity contribution is -0.117. The molecule has 1 aliphatic rings. The van der Waals surface area contributed by atoms with E-state index in [4.69, 9.17) is 5.73 Å². The molecular weight excluding hydrogens is 282 g/mol. The molecule has 0 spiro atoms. The highest BCUT2D eigenvalue weighted by atomic mass is 32.2. The van der Waals surface area contributed by atoms with Gasteiger partial charge in [-0.2, -0.15) is 0 Å². The first-order valence-electron chi connectivity index (χ1n) is 6.00. The number of nitrogens with two attached hydrogens (primary N) is 1. The van der Waals surface area contributed by atoms with Crippen LogP contribution in [-0.2, 0) is 26.0 Å². The molecule has 108 valence electrons. The van der Waals surface area contributed by atoms with Crippen LogP contribution >= 0.6 is 0 Å². The smallest absolute Gasteiger partial charge is 0.241 e. The third kappa shape index (κ3) is 2.81. The van der Waals surface area contributed by atoms with Gasteiger partial charge in [0.1, 0.15) is 0 Å². The SMILES string of the molecule is CC(=O)N1CCc2cc(S(=O)(=O)NCC(N)=O)ccc21. The number of rotatable bonds is 4. The topological polar surface area (TPSA) is 110 Å². The van der Waals surface area contributed by atoms with Crippen molar-refractivity contribution in [3.05, 3.63) is 23.8 Å². The summed E-state index contributed by atoms with van der Waals surface area (Å²) < 4.78 is 26.0. The van der Waals surface area contributed by atoms with Gasteiger partial charge >= 0.3 is 0 Å². The third-order valence-corrected chi connectivity index (χ3v) is 4.47. The molecule has 1 heterocycles. The average Bonchev–Trinajstić information content (AvgIpc) is 2.79. The number of amides is 2. The molecule has 0 bridgehead atoms. The first kappa shape index (κ1) is 14.5. The molecule has 0 atom stereocenters. The number of nitrogens with one attached hydrogen (secondary N) is 1. The van der Waals surface area contributed by atoms with Gasteiger partial charge in [-0.05, 0) is 30.2 Å². The Bertz CT molecular complexity index is 669. The van der Waals surface area contributed by atoms with Crippen LogP contribution in [0.1, 0.15) is 12.5 Å². The van der Waals surface area contributed by atoms with E-state index >= 15 is 0 Å². The summed E-state index contributed by atoms with van der Waals surface area (Å²) in [5.74, 6) is -0.830. The van der Waals surface area contributed by atoms with Crippen molar-refractivity contribution in [1.82, 2.24) is 4.72 Å². The average molecular weight is 297 g/mol. The molecule has 0 saturated carbocycles. The Hall–Kier alpha value is -1.93. The summed E-state index contributed by atoms with van der Waals surface area (Å²) >= 11 is 0. The molecule has 0 unspecified atom stereocenters. The van der Waals surface area contributed by atoms with Gasteiger partial charge in [0.2, 0.25) is 21.8 Å².